The van der Waals surface area contributed by atoms with Crippen molar-refractivity contribution in [3.05, 3.63) is 66.3 Å². The Kier molecular flexibility index (Phi) is 15.9. The van der Waals surface area contributed by atoms with Crippen LogP contribution in [0.25, 0.3) is 5.57 Å². The number of allylic oxidation sites excluding steroid dienone is 1. The Morgan fingerprint density at radius 2 is 2.11 bits per heavy atom. The molecule has 0 bridgehead atoms. The summed E-state index contributed by atoms with van der Waals surface area (Å²) in [6.45, 7) is 18.3. The number of hydrogen-bond acceptors (Lipinski definition) is 5. The lowest BCUT2D eigenvalue weighted by atomic mass is 9.98. The van der Waals surface area contributed by atoms with E-state index in [4.69, 9.17) is 4.74 Å². The first-order valence-electron chi connectivity index (χ1n) is 13.2. The van der Waals surface area contributed by atoms with Crippen LogP contribution in [0.5, 0.6) is 0 Å². The first-order valence-corrected chi connectivity index (χ1v) is 14.2. The van der Waals surface area contributed by atoms with Crippen molar-refractivity contribution in [2.45, 2.75) is 60.0 Å². The molecule has 210 valence electrons. The van der Waals surface area contributed by atoms with Gasteiger partial charge in [-0.2, -0.15) is 0 Å². The summed E-state index contributed by atoms with van der Waals surface area (Å²) in [5.41, 5.74) is 3.40. The Balaban J connectivity index is 0.000000383. The Morgan fingerprint density at radius 1 is 1.34 bits per heavy atom. The number of rotatable bonds is 11. The number of aryl methyl sites for hydroxylation is 1. The van der Waals surface area contributed by atoms with Crippen molar-refractivity contribution >= 4 is 35.9 Å². The molecule has 0 spiro atoms. The Morgan fingerprint density at radius 3 is 2.68 bits per heavy atom. The van der Waals surface area contributed by atoms with Gasteiger partial charge in [-0.25, -0.2) is 4.79 Å². The number of carbonyl (C=O) groups is 2. The minimum absolute atomic E-state index is 0.210. The fourth-order valence-corrected chi connectivity index (χ4v) is 4.12. The second-order valence-electron chi connectivity index (χ2n) is 9.97. The van der Waals surface area contributed by atoms with E-state index in [1.165, 1.54) is 16.7 Å². The van der Waals surface area contributed by atoms with E-state index in [2.05, 4.69) is 71.9 Å². The van der Waals surface area contributed by atoms with Gasteiger partial charge in [0.15, 0.2) is 0 Å². The minimum atomic E-state index is -0.433. The summed E-state index contributed by atoms with van der Waals surface area (Å²) in [6.07, 6.45) is 10.3. The third kappa shape index (κ3) is 14.1. The van der Waals surface area contributed by atoms with Crippen molar-refractivity contribution in [1.29, 1.82) is 0 Å². The van der Waals surface area contributed by atoms with E-state index in [1.54, 1.807) is 16.8 Å². The molecule has 1 aliphatic rings. The van der Waals surface area contributed by atoms with E-state index in [9.17, 15) is 9.59 Å². The standard InChI is InChI=1S/C17H23NO2.C13H23N3OS/c1-13-6-5-7-15(12-13)14-8-10-18(11-9-14)16(19)20-17(2,3)4;1-4-6-10-18-16-13(12(3)5-2)15-9-7-8-14-11-17/h5-8,12H,9-11H2,1-4H3;4-6,11-12H,2,7-10H2,1,3H3,(H,14,17)(H,15,16)/b;6-4-. The van der Waals surface area contributed by atoms with Crippen LogP contribution in [-0.4, -0.2) is 60.8 Å². The summed E-state index contributed by atoms with van der Waals surface area (Å²) in [6, 6.07) is 8.49. The fourth-order valence-electron chi connectivity index (χ4n) is 3.35. The number of nitrogens with one attached hydrogen (secondary N) is 2. The van der Waals surface area contributed by atoms with Crippen LogP contribution in [0.3, 0.4) is 0 Å². The zero-order chi connectivity index (χ0) is 28.4. The molecule has 0 radical (unpaired) electrons. The number of carbonyl (C=O) groups excluding carboxylic acids is 2. The molecule has 2 rings (SSSR count). The minimum Gasteiger partial charge on any atom is -0.444 e. The van der Waals surface area contributed by atoms with Crippen molar-refractivity contribution in [3.8, 4) is 0 Å². The average molecular weight is 543 g/mol. The van der Waals surface area contributed by atoms with Crippen LogP contribution >= 0.6 is 11.9 Å². The summed E-state index contributed by atoms with van der Waals surface area (Å²) in [5, 5.41) is 2.62. The van der Waals surface area contributed by atoms with Crippen LogP contribution in [0, 0.1) is 12.8 Å². The average Bonchev–Trinajstić information content (AvgIpc) is 2.89. The highest BCUT2D eigenvalue weighted by molar-refractivity contribution is 7.98. The van der Waals surface area contributed by atoms with E-state index in [0.717, 1.165) is 24.4 Å². The van der Waals surface area contributed by atoms with Crippen LogP contribution in [-0.2, 0) is 9.53 Å². The van der Waals surface area contributed by atoms with E-state index < -0.39 is 5.60 Å². The number of hydrogen-bond donors (Lipinski definition) is 2. The lowest BCUT2D eigenvalue weighted by Crippen LogP contribution is -2.39. The zero-order valence-corrected chi connectivity index (χ0v) is 24.8. The van der Waals surface area contributed by atoms with Crippen molar-refractivity contribution in [3.63, 3.8) is 0 Å². The third-order valence-electron chi connectivity index (χ3n) is 5.47. The molecule has 1 aliphatic heterocycles. The van der Waals surface area contributed by atoms with Crippen LogP contribution < -0.4 is 10.0 Å². The van der Waals surface area contributed by atoms with Crippen LogP contribution in [0.4, 0.5) is 4.79 Å². The largest absolute Gasteiger partial charge is 0.444 e. The van der Waals surface area contributed by atoms with E-state index >= 15 is 0 Å². The molecule has 0 fully saturated rings. The van der Waals surface area contributed by atoms with Crippen molar-refractivity contribution in [2.24, 2.45) is 10.9 Å². The molecule has 1 atom stereocenters. The second-order valence-corrected chi connectivity index (χ2v) is 10.8. The number of amidine groups is 1. The Labute approximate surface area is 234 Å². The second kappa shape index (κ2) is 18.3. The molecule has 0 saturated carbocycles. The van der Waals surface area contributed by atoms with Gasteiger partial charge in [-0.3, -0.25) is 9.79 Å². The van der Waals surface area contributed by atoms with Gasteiger partial charge >= 0.3 is 6.09 Å². The van der Waals surface area contributed by atoms with Gasteiger partial charge in [0.25, 0.3) is 0 Å². The van der Waals surface area contributed by atoms with Gasteiger partial charge in [0, 0.05) is 37.8 Å². The maximum Gasteiger partial charge on any atom is 0.410 e. The topological polar surface area (TPSA) is 83.0 Å². The molecule has 8 heteroatoms. The molecule has 1 unspecified atom stereocenters. The molecule has 1 heterocycles. The van der Waals surface area contributed by atoms with Gasteiger partial charge in [-0.1, -0.05) is 61.1 Å². The van der Waals surface area contributed by atoms with E-state index in [0.29, 0.717) is 32.6 Å². The molecule has 1 aromatic rings. The molecule has 38 heavy (non-hydrogen) atoms. The first kappa shape index (κ1) is 33.0. The molecule has 7 nitrogen and oxygen atoms in total. The van der Waals surface area contributed by atoms with E-state index in [1.807, 2.05) is 39.8 Å². The van der Waals surface area contributed by atoms with Crippen LogP contribution in [0.2, 0.25) is 0 Å². The molecule has 2 N–H and O–H groups in total. The SMILES string of the molecule is C=CC(C)C(=NCCCNC=O)NSC/C=C\C.Cc1cccc(C2=CCN(C(=O)OC(C)(C)C)CC2)c1. The lowest BCUT2D eigenvalue weighted by Gasteiger charge is -2.29. The normalized spacial score (nSPS) is 14.6. The van der Waals surface area contributed by atoms with E-state index in [-0.39, 0.29) is 12.0 Å². The van der Waals surface area contributed by atoms with Crippen molar-refractivity contribution in [2.75, 3.05) is 31.9 Å². The fraction of sp³-hybridized carbons (Fsp3) is 0.500. The number of nitrogens with zero attached hydrogens (tertiary/aromatic N) is 2. The number of aliphatic imine (C=N–C) groups is 1. The summed E-state index contributed by atoms with van der Waals surface area (Å²) in [4.78, 5) is 28.3. The zero-order valence-electron chi connectivity index (χ0n) is 24.0. The monoisotopic (exact) mass is 542 g/mol. The lowest BCUT2D eigenvalue weighted by molar-refractivity contribution is -0.109. The van der Waals surface area contributed by atoms with Gasteiger partial charge in [-0.05, 0) is 70.5 Å². The highest BCUT2D eigenvalue weighted by Crippen LogP contribution is 2.24. The number of benzene rings is 1. The Hall–Kier alpha value is -3.00. The molecule has 0 aromatic heterocycles. The van der Waals surface area contributed by atoms with Crippen molar-refractivity contribution < 1.29 is 14.3 Å². The smallest absolute Gasteiger partial charge is 0.410 e. The highest BCUT2D eigenvalue weighted by Gasteiger charge is 2.23. The summed E-state index contributed by atoms with van der Waals surface area (Å²) in [7, 11) is 0. The van der Waals surface area contributed by atoms with Crippen LogP contribution in [0.15, 0.2) is 60.1 Å². The van der Waals surface area contributed by atoms with Crippen molar-refractivity contribution in [1.82, 2.24) is 14.9 Å². The molecule has 0 aliphatic carbocycles. The number of ether oxygens (including phenoxy) is 1. The van der Waals surface area contributed by atoms with Gasteiger partial charge in [0.2, 0.25) is 6.41 Å². The third-order valence-corrected chi connectivity index (χ3v) is 6.18. The van der Waals surface area contributed by atoms with Crippen LogP contribution in [0.1, 0.15) is 58.6 Å². The van der Waals surface area contributed by atoms with Gasteiger partial charge in [0.05, 0.1) is 0 Å². The molecule has 0 saturated heterocycles. The quantitative estimate of drug-likeness (QED) is 0.0872. The predicted molar refractivity (Wildman–Crippen MR) is 162 cm³/mol. The summed E-state index contributed by atoms with van der Waals surface area (Å²) < 4.78 is 8.65. The Bertz CT molecular complexity index is 966. The number of amides is 2. The van der Waals surface area contributed by atoms with Gasteiger partial charge < -0.3 is 19.7 Å². The highest BCUT2D eigenvalue weighted by atomic mass is 32.2. The van der Waals surface area contributed by atoms with Gasteiger partial charge in [-0.15, -0.1) is 6.58 Å². The maximum absolute atomic E-state index is 12.0. The first-order chi connectivity index (χ1) is 18.1. The predicted octanol–water partition coefficient (Wildman–Crippen LogP) is 6.18. The maximum atomic E-state index is 12.0. The summed E-state index contributed by atoms with van der Waals surface area (Å²) >= 11 is 1.61. The molecule has 1 aromatic carbocycles. The molecular weight excluding hydrogens is 496 g/mol. The van der Waals surface area contributed by atoms with Gasteiger partial charge in [0.1, 0.15) is 11.4 Å². The molecular formula is C30H46N4O3S. The summed E-state index contributed by atoms with van der Waals surface area (Å²) in [5.74, 6) is 2.05. The molecule has 2 amide bonds.